The second-order valence-corrected chi connectivity index (χ2v) is 15.7. The van der Waals surface area contributed by atoms with Crippen LogP contribution in [-0.2, 0) is 14.9 Å². The predicted octanol–water partition coefficient (Wildman–Crippen LogP) is 3.05. The molecule has 1 aromatic heterocycles. The Labute approximate surface area is 162 Å². The Kier molecular flexibility index (Phi) is 4.68. The van der Waals surface area contributed by atoms with E-state index in [0.29, 0.717) is 18.5 Å². The summed E-state index contributed by atoms with van der Waals surface area (Å²) in [5.74, 6) is 0.843. The summed E-state index contributed by atoms with van der Waals surface area (Å²) in [6.07, 6.45) is 9.57. The van der Waals surface area contributed by atoms with Crippen LogP contribution < -0.4 is 10.6 Å². The molecule has 0 bridgehead atoms. The molecule has 4 rings (SSSR count). The van der Waals surface area contributed by atoms with Crippen LogP contribution in [0.1, 0.15) is 44.2 Å². The molecule has 2 fully saturated rings. The molecule has 0 saturated heterocycles. The lowest BCUT2D eigenvalue weighted by molar-refractivity contribution is -0.135. The first-order chi connectivity index (χ1) is 12.7. The van der Waals surface area contributed by atoms with Crippen LogP contribution in [0.3, 0.4) is 0 Å². The average Bonchev–Trinajstić information content (AvgIpc) is 2.82. The summed E-state index contributed by atoms with van der Waals surface area (Å²) >= 11 is 0. The van der Waals surface area contributed by atoms with Gasteiger partial charge >= 0.3 is 0 Å². The van der Waals surface area contributed by atoms with Crippen molar-refractivity contribution in [3.63, 3.8) is 0 Å². The van der Waals surface area contributed by atoms with Crippen LogP contribution in [0.2, 0.25) is 25.7 Å². The van der Waals surface area contributed by atoms with Crippen molar-refractivity contribution in [3.8, 4) is 0 Å². The Morgan fingerprint density at radius 1 is 1.22 bits per heavy atom. The maximum Gasteiger partial charge on any atom is 0.242 e. The highest BCUT2D eigenvalue weighted by Gasteiger charge is 2.65. The number of rotatable bonds is 5. The van der Waals surface area contributed by atoms with Gasteiger partial charge in [-0.3, -0.25) is 14.7 Å². The zero-order valence-corrected chi connectivity index (χ0v) is 17.8. The van der Waals surface area contributed by atoms with Crippen LogP contribution in [-0.4, -0.2) is 43.3 Å². The van der Waals surface area contributed by atoms with Gasteiger partial charge in [0.15, 0.2) is 5.82 Å². The van der Waals surface area contributed by atoms with Gasteiger partial charge < -0.3 is 10.5 Å². The molecule has 0 atom stereocenters. The van der Waals surface area contributed by atoms with E-state index in [9.17, 15) is 4.79 Å². The summed E-state index contributed by atoms with van der Waals surface area (Å²) in [6, 6.07) is 1.42. The monoisotopic (exact) mass is 388 g/mol. The topological polar surface area (TPSA) is 81.3 Å². The van der Waals surface area contributed by atoms with Crippen LogP contribution in [0.25, 0.3) is 0 Å². The number of anilines is 1. The molecule has 27 heavy (non-hydrogen) atoms. The molecule has 2 heterocycles. The molecule has 2 saturated carbocycles. The second-order valence-electron chi connectivity index (χ2n) is 10.1. The molecule has 148 valence electrons. The van der Waals surface area contributed by atoms with E-state index < -0.39 is 13.5 Å². The van der Waals surface area contributed by atoms with E-state index in [2.05, 4.69) is 29.6 Å². The van der Waals surface area contributed by atoms with Gasteiger partial charge in [0.1, 0.15) is 6.73 Å². The number of ether oxygens (including phenoxy) is 1. The van der Waals surface area contributed by atoms with E-state index in [1.165, 1.54) is 0 Å². The smallest absolute Gasteiger partial charge is 0.242 e. The fourth-order valence-corrected chi connectivity index (χ4v) is 5.89. The molecule has 0 radical (unpaired) electrons. The lowest BCUT2D eigenvalue weighted by atomic mass is 9.47. The molecule has 1 aliphatic heterocycles. The minimum atomic E-state index is -1.15. The molecule has 0 unspecified atom stereocenters. The van der Waals surface area contributed by atoms with Gasteiger partial charge in [-0.2, -0.15) is 0 Å². The first-order valence-corrected chi connectivity index (χ1v) is 13.9. The van der Waals surface area contributed by atoms with Crippen molar-refractivity contribution < 1.29 is 9.53 Å². The van der Waals surface area contributed by atoms with Crippen molar-refractivity contribution in [1.29, 1.82) is 0 Å². The van der Waals surface area contributed by atoms with Crippen molar-refractivity contribution >= 4 is 19.8 Å². The number of hydrogen-bond donors (Lipinski definition) is 1. The lowest BCUT2D eigenvalue weighted by Gasteiger charge is -2.55. The second kappa shape index (κ2) is 6.64. The van der Waals surface area contributed by atoms with Gasteiger partial charge in [0, 0.05) is 33.1 Å². The third-order valence-electron chi connectivity index (χ3n) is 6.70. The van der Waals surface area contributed by atoms with E-state index in [0.717, 1.165) is 50.3 Å². The Balaban J connectivity index is 1.48. The number of nitrogens with zero attached hydrogens (tertiary/aromatic N) is 3. The van der Waals surface area contributed by atoms with Crippen molar-refractivity contribution in [1.82, 2.24) is 9.97 Å². The number of fused-ring (bicyclic) bond motifs is 2. The first kappa shape index (κ1) is 19.0. The highest BCUT2D eigenvalue weighted by molar-refractivity contribution is 6.76. The molecule has 7 heteroatoms. The fraction of sp³-hybridized carbons (Fsp3) is 0.750. The quantitative estimate of drug-likeness (QED) is 0.619. The standard InChI is InChI=1S/C20H32N4O2Si/c1-27(2,3)11-10-26-14-24-17-16(22-8-9-23-17)20(18(24)25)12-19(13-20)6-4-15(21)5-7-19/h8-9,15H,4-7,10-14,21H2,1-3H3. The minimum Gasteiger partial charge on any atom is -0.361 e. The molecule has 0 aromatic carbocycles. The SMILES string of the molecule is C[Si](C)(C)CCOCN1C(=O)C2(CC3(CCC(N)CC3)C2)c2nccnc21. The fourth-order valence-electron chi connectivity index (χ4n) is 5.13. The number of amides is 1. The zero-order chi connectivity index (χ0) is 19.3. The number of hydrogen-bond acceptors (Lipinski definition) is 5. The van der Waals surface area contributed by atoms with E-state index in [1.807, 2.05) is 0 Å². The van der Waals surface area contributed by atoms with Crippen LogP contribution in [0.5, 0.6) is 0 Å². The number of carbonyl (C=O) groups is 1. The van der Waals surface area contributed by atoms with E-state index in [1.54, 1.807) is 17.3 Å². The Hall–Kier alpha value is -1.31. The largest absolute Gasteiger partial charge is 0.361 e. The third kappa shape index (κ3) is 3.34. The molecular formula is C20H32N4O2Si. The number of carbonyl (C=O) groups excluding carboxylic acids is 1. The van der Waals surface area contributed by atoms with Crippen molar-refractivity contribution in [2.75, 3.05) is 18.2 Å². The summed E-state index contributed by atoms with van der Waals surface area (Å²) < 4.78 is 5.89. The van der Waals surface area contributed by atoms with Gasteiger partial charge in [-0.15, -0.1) is 0 Å². The Morgan fingerprint density at radius 3 is 2.56 bits per heavy atom. The summed E-state index contributed by atoms with van der Waals surface area (Å²) in [7, 11) is -1.15. The maximum atomic E-state index is 13.4. The normalized spacial score (nSPS) is 32.8. The number of aromatic nitrogens is 2. The van der Waals surface area contributed by atoms with Gasteiger partial charge in [0.25, 0.3) is 0 Å². The minimum absolute atomic E-state index is 0.136. The molecule has 2 aliphatic carbocycles. The molecule has 1 aromatic rings. The van der Waals surface area contributed by atoms with Gasteiger partial charge in [-0.25, -0.2) is 4.98 Å². The van der Waals surface area contributed by atoms with Crippen molar-refractivity contribution in [2.45, 2.75) is 75.7 Å². The summed E-state index contributed by atoms with van der Waals surface area (Å²) in [4.78, 5) is 24.2. The molecule has 3 aliphatic rings. The zero-order valence-electron chi connectivity index (χ0n) is 16.8. The van der Waals surface area contributed by atoms with Crippen molar-refractivity contribution in [2.24, 2.45) is 11.1 Å². The van der Waals surface area contributed by atoms with Crippen molar-refractivity contribution in [3.05, 3.63) is 18.1 Å². The maximum absolute atomic E-state index is 13.4. The van der Waals surface area contributed by atoms with Crippen LogP contribution in [0.4, 0.5) is 5.82 Å². The summed E-state index contributed by atoms with van der Waals surface area (Å²) in [5, 5.41) is 0. The number of nitrogens with two attached hydrogens (primary N) is 1. The first-order valence-electron chi connectivity index (χ1n) is 10.2. The van der Waals surface area contributed by atoms with Crippen LogP contribution in [0, 0.1) is 5.41 Å². The van der Waals surface area contributed by atoms with Gasteiger partial charge in [-0.05, 0) is 50.0 Å². The van der Waals surface area contributed by atoms with Gasteiger partial charge in [0.2, 0.25) is 5.91 Å². The lowest BCUT2D eigenvalue weighted by Crippen LogP contribution is -2.57. The molecule has 2 spiro atoms. The van der Waals surface area contributed by atoms with Crippen LogP contribution in [0.15, 0.2) is 12.4 Å². The highest BCUT2D eigenvalue weighted by Crippen LogP contribution is 2.64. The van der Waals surface area contributed by atoms with Gasteiger partial charge in [0.05, 0.1) is 11.1 Å². The van der Waals surface area contributed by atoms with E-state index >= 15 is 0 Å². The Bertz CT molecular complexity index is 717. The van der Waals surface area contributed by atoms with E-state index in [4.69, 9.17) is 10.5 Å². The van der Waals surface area contributed by atoms with Crippen LogP contribution >= 0.6 is 0 Å². The summed E-state index contributed by atoms with van der Waals surface area (Å²) in [5.41, 5.74) is 6.75. The Morgan fingerprint density at radius 2 is 1.89 bits per heavy atom. The molecule has 1 amide bonds. The predicted molar refractivity (Wildman–Crippen MR) is 108 cm³/mol. The summed E-state index contributed by atoms with van der Waals surface area (Å²) in [6.45, 7) is 7.98. The average molecular weight is 389 g/mol. The third-order valence-corrected chi connectivity index (χ3v) is 8.41. The molecule has 2 N–H and O–H groups in total. The van der Waals surface area contributed by atoms with Gasteiger partial charge in [-0.1, -0.05) is 19.6 Å². The highest BCUT2D eigenvalue weighted by atomic mass is 28.3. The van der Waals surface area contributed by atoms with E-state index in [-0.39, 0.29) is 18.1 Å². The molecule has 6 nitrogen and oxygen atoms in total. The molecular weight excluding hydrogens is 356 g/mol.